The predicted molar refractivity (Wildman–Crippen MR) is 67.3 cm³/mol. The van der Waals surface area contributed by atoms with Crippen molar-refractivity contribution in [1.82, 2.24) is 5.32 Å². The lowest BCUT2D eigenvalue weighted by molar-refractivity contribution is 0.0955. The summed E-state index contributed by atoms with van der Waals surface area (Å²) in [6.07, 6.45) is 2.06. The Morgan fingerprint density at radius 2 is 2.24 bits per heavy atom. The first kappa shape index (κ1) is 11.0. The molecule has 1 heterocycles. The maximum absolute atomic E-state index is 13.1. The summed E-state index contributed by atoms with van der Waals surface area (Å²) in [6, 6.07) is 4.65. The highest BCUT2D eigenvalue weighted by atomic mass is 35.5. The van der Waals surface area contributed by atoms with Crippen molar-refractivity contribution >= 4 is 38.9 Å². The van der Waals surface area contributed by atoms with Crippen molar-refractivity contribution in [3.8, 4) is 0 Å². The first-order valence-corrected chi connectivity index (χ1v) is 6.53. The molecule has 3 rings (SSSR count). The average molecular weight is 270 g/mol. The molecule has 1 aliphatic rings. The van der Waals surface area contributed by atoms with Gasteiger partial charge in [0.1, 0.15) is 10.7 Å². The fraction of sp³-hybridized carbons (Fsp3) is 0.250. The Bertz CT molecular complexity index is 606. The van der Waals surface area contributed by atoms with Crippen LogP contribution in [0.1, 0.15) is 22.5 Å². The van der Waals surface area contributed by atoms with Crippen LogP contribution in [0, 0.1) is 5.82 Å². The minimum absolute atomic E-state index is 0.154. The van der Waals surface area contributed by atoms with E-state index in [1.54, 1.807) is 6.07 Å². The molecule has 88 valence electrons. The molecule has 0 unspecified atom stereocenters. The molecular weight excluding hydrogens is 261 g/mol. The van der Waals surface area contributed by atoms with Crippen molar-refractivity contribution in [2.45, 2.75) is 18.9 Å². The summed E-state index contributed by atoms with van der Waals surface area (Å²) in [5, 5.41) is 4.03. The second-order valence-electron chi connectivity index (χ2n) is 4.13. The van der Waals surface area contributed by atoms with Crippen LogP contribution < -0.4 is 5.32 Å². The summed E-state index contributed by atoms with van der Waals surface area (Å²) < 4.78 is 13.8. The van der Waals surface area contributed by atoms with E-state index in [-0.39, 0.29) is 11.7 Å². The molecule has 2 nitrogen and oxygen atoms in total. The number of carbonyl (C=O) groups excluding carboxylic acids is 1. The molecule has 0 saturated heterocycles. The maximum atomic E-state index is 13.1. The quantitative estimate of drug-likeness (QED) is 0.887. The van der Waals surface area contributed by atoms with E-state index >= 15 is 0 Å². The van der Waals surface area contributed by atoms with Crippen LogP contribution >= 0.6 is 22.9 Å². The van der Waals surface area contributed by atoms with Gasteiger partial charge in [0.15, 0.2) is 0 Å². The number of hydrogen-bond acceptors (Lipinski definition) is 2. The van der Waals surface area contributed by atoms with Crippen molar-refractivity contribution in [2.75, 3.05) is 0 Å². The van der Waals surface area contributed by atoms with E-state index < -0.39 is 0 Å². The monoisotopic (exact) mass is 269 g/mol. The van der Waals surface area contributed by atoms with Gasteiger partial charge in [-0.2, -0.15) is 0 Å². The highest BCUT2D eigenvalue weighted by Gasteiger charge is 2.26. The van der Waals surface area contributed by atoms with Crippen LogP contribution in [0.25, 0.3) is 10.1 Å². The van der Waals surface area contributed by atoms with E-state index in [0.717, 1.165) is 18.2 Å². The molecule has 17 heavy (non-hydrogen) atoms. The van der Waals surface area contributed by atoms with E-state index in [2.05, 4.69) is 5.32 Å². The van der Waals surface area contributed by atoms with Crippen molar-refractivity contribution in [3.05, 3.63) is 33.9 Å². The van der Waals surface area contributed by atoms with E-state index in [4.69, 9.17) is 11.6 Å². The van der Waals surface area contributed by atoms with Gasteiger partial charge in [0, 0.05) is 16.1 Å². The van der Waals surface area contributed by atoms with Crippen LogP contribution in [-0.2, 0) is 0 Å². The Hall–Kier alpha value is -1.13. The lowest BCUT2D eigenvalue weighted by Crippen LogP contribution is -2.24. The van der Waals surface area contributed by atoms with E-state index in [9.17, 15) is 9.18 Å². The van der Waals surface area contributed by atoms with Gasteiger partial charge in [-0.3, -0.25) is 4.79 Å². The molecule has 0 spiro atoms. The van der Waals surface area contributed by atoms with Crippen LogP contribution in [0.2, 0.25) is 5.02 Å². The Morgan fingerprint density at radius 3 is 2.94 bits per heavy atom. The number of fused-ring (bicyclic) bond motifs is 1. The summed E-state index contributed by atoms with van der Waals surface area (Å²) in [6.45, 7) is 0. The fourth-order valence-electron chi connectivity index (χ4n) is 1.66. The lowest BCUT2D eigenvalue weighted by Gasteiger charge is -1.99. The smallest absolute Gasteiger partial charge is 0.263 e. The van der Waals surface area contributed by atoms with E-state index in [0.29, 0.717) is 20.6 Å². The average Bonchev–Trinajstić information content (AvgIpc) is 3.03. The van der Waals surface area contributed by atoms with Gasteiger partial charge in [-0.1, -0.05) is 11.6 Å². The van der Waals surface area contributed by atoms with Gasteiger partial charge < -0.3 is 5.32 Å². The Morgan fingerprint density at radius 1 is 1.47 bits per heavy atom. The predicted octanol–water partition coefficient (Wildman–Crippen LogP) is 3.59. The molecular formula is C12H9ClFNOS. The number of halogens is 2. The molecule has 1 aliphatic carbocycles. The molecule has 1 fully saturated rings. The summed E-state index contributed by atoms with van der Waals surface area (Å²) in [5.41, 5.74) is 0. The molecule has 5 heteroatoms. The standard InChI is InChI=1S/C12H9ClFNOS/c13-10-8-4-1-6(14)5-9(8)17-11(10)12(16)15-7-2-3-7/h1,4-5,7H,2-3H2,(H,15,16). The highest BCUT2D eigenvalue weighted by molar-refractivity contribution is 7.21. The van der Waals surface area contributed by atoms with Gasteiger partial charge in [-0.25, -0.2) is 4.39 Å². The number of nitrogens with one attached hydrogen (secondary N) is 1. The number of thiophene rings is 1. The summed E-state index contributed by atoms with van der Waals surface area (Å²) in [7, 11) is 0. The zero-order valence-electron chi connectivity index (χ0n) is 8.80. The maximum Gasteiger partial charge on any atom is 0.263 e. The molecule has 0 bridgehead atoms. The van der Waals surface area contributed by atoms with Gasteiger partial charge in [-0.05, 0) is 31.0 Å². The SMILES string of the molecule is O=C(NC1CC1)c1sc2cc(F)ccc2c1Cl. The van der Waals surface area contributed by atoms with Gasteiger partial charge in [0.2, 0.25) is 0 Å². The third-order valence-corrected chi connectivity index (χ3v) is 4.37. The highest BCUT2D eigenvalue weighted by Crippen LogP contribution is 2.36. The molecule has 1 saturated carbocycles. The topological polar surface area (TPSA) is 29.1 Å². The van der Waals surface area contributed by atoms with Crippen LogP contribution in [0.15, 0.2) is 18.2 Å². The zero-order chi connectivity index (χ0) is 12.0. The molecule has 2 aromatic rings. The number of amides is 1. The lowest BCUT2D eigenvalue weighted by atomic mass is 10.2. The summed E-state index contributed by atoms with van der Waals surface area (Å²) in [5.74, 6) is -0.469. The minimum Gasteiger partial charge on any atom is -0.349 e. The van der Waals surface area contributed by atoms with Crippen LogP contribution in [0.4, 0.5) is 4.39 Å². The van der Waals surface area contributed by atoms with Gasteiger partial charge in [-0.15, -0.1) is 11.3 Å². The fourth-order valence-corrected chi connectivity index (χ4v) is 3.11. The van der Waals surface area contributed by atoms with Crippen LogP contribution in [-0.4, -0.2) is 11.9 Å². The Kier molecular flexibility index (Phi) is 2.56. The number of rotatable bonds is 2. The molecule has 1 aromatic carbocycles. The number of carbonyl (C=O) groups is 1. The minimum atomic E-state index is -0.315. The third kappa shape index (κ3) is 2.03. The molecule has 0 atom stereocenters. The van der Waals surface area contributed by atoms with Gasteiger partial charge in [0.05, 0.1) is 5.02 Å². The second-order valence-corrected chi connectivity index (χ2v) is 5.56. The first-order chi connectivity index (χ1) is 8.15. The molecule has 0 radical (unpaired) electrons. The van der Waals surface area contributed by atoms with Crippen LogP contribution in [0.5, 0.6) is 0 Å². The van der Waals surface area contributed by atoms with Crippen molar-refractivity contribution in [3.63, 3.8) is 0 Å². The molecule has 1 aromatic heterocycles. The zero-order valence-corrected chi connectivity index (χ0v) is 10.4. The summed E-state index contributed by atoms with van der Waals surface area (Å²) >= 11 is 7.37. The summed E-state index contributed by atoms with van der Waals surface area (Å²) in [4.78, 5) is 12.4. The molecule has 1 N–H and O–H groups in total. The van der Waals surface area contributed by atoms with Crippen LogP contribution in [0.3, 0.4) is 0 Å². The van der Waals surface area contributed by atoms with Crippen molar-refractivity contribution in [1.29, 1.82) is 0 Å². The second kappa shape index (κ2) is 3.96. The molecule has 0 aliphatic heterocycles. The Balaban J connectivity index is 2.03. The van der Waals surface area contributed by atoms with E-state index in [1.807, 2.05) is 0 Å². The van der Waals surface area contributed by atoms with E-state index in [1.165, 1.54) is 23.5 Å². The van der Waals surface area contributed by atoms with Crippen molar-refractivity contribution in [2.24, 2.45) is 0 Å². The normalized spacial score (nSPS) is 15.2. The van der Waals surface area contributed by atoms with Gasteiger partial charge in [0.25, 0.3) is 5.91 Å². The number of benzene rings is 1. The molecule has 1 amide bonds. The third-order valence-electron chi connectivity index (χ3n) is 2.71. The Labute approximate surface area is 106 Å². The van der Waals surface area contributed by atoms with Crippen molar-refractivity contribution < 1.29 is 9.18 Å². The van der Waals surface area contributed by atoms with Gasteiger partial charge >= 0.3 is 0 Å². The first-order valence-electron chi connectivity index (χ1n) is 5.33. The largest absolute Gasteiger partial charge is 0.349 e. The number of hydrogen-bond donors (Lipinski definition) is 1.